The van der Waals surface area contributed by atoms with Gasteiger partial charge < -0.3 is 9.51 Å². The minimum absolute atomic E-state index is 0.164. The van der Waals surface area contributed by atoms with Gasteiger partial charge in [-0.25, -0.2) is 4.79 Å². The minimum atomic E-state index is -0.164. The van der Waals surface area contributed by atoms with E-state index in [-0.39, 0.29) is 5.69 Å². The third kappa shape index (κ3) is 2.51. The monoisotopic (exact) mass is 371 g/mol. The summed E-state index contributed by atoms with van der Waals surface area (Å²) in [6, 6.07) is 11.8. The quantitative estimate of drug-likeness (QED) is 0.523. The Kier molecular flexibility index (Phi) is 3.61. The van der Waals surface area contributed by atoms with Crippen molar-refractivity contribution in [3.63, 3.8) is 0 Å². The van der Waals surface area contributed by atoms with Gasteiger partial charge in [0.2, 0.25) is 0 Å². The highest BCUT2D eigenvalue weighted by Gasteiger charge is 2.16. The van der Waals surface area contributed by atoms with Crippen LogP contribution in [0.15, 0.2) is 58.1 Å². The van der Waals surface area contributed by atoms with E-state index in [2.05, 4.69) is 20.1 Å². The van der Waals surface area contributed by atoms with Crippen molar-refractivity contribution >= 4 is 21.9 Å². The second kappa shape index (κ2) is 6.16. The highest BCUT2D eigenvalue weighted by Crippen LogP contribution is 2.29. The maximum Gasteiger partial charge on any atom is 0.326 e. The van der Waals surface area contributed by atoms with E-state index < -0.39 is 0 Å². The van der Waals surface area contributed by atoms with Gasteiger partial charge in [-0.05, 0) is 25.5 Å². The van der Waals surface area contributed by atoms with Crippen LogP contribution in [0.25, 0.3) is 33.2 Å². The van der Waals surface area contributed by atoms with Gasteiger partial charge in [0, 0.05) is 11.6 Å². The SMILES string of the molecule is Cc1noc(C)c1-c1cc2ncc3[nH]c(=O)n(Cc4ccccc4)c3c2cn1. The normalized spacial score (nSPS) is 11.5. The van der Waals surface area contributed by atoms with Crippen molar-refractivity contribution in [2.45, 2.75) is 20.4 Å². The molecule has 4 aromatic heterocycles. The highest BCUT2D eigenvalue weighted by atomic mass is 16.5. The first-order chi connectivity index (χ1) is 13.6. The topological polar surface area (TPSA) is 89.6 Å². The van der Waals surface area contributed by atoms with Gasteiger partial charge in [0.1, 0.15) is 5.76 Å². The molecule has 5 aromatic rings. The molecule has 7 nitrogen and oxygen atoms in total. The summed E-state index contributed by atoms with van der Waals surface area (Å²) in [4.78, 5) is 24.6. The number of hydrogen-bond donors (Lipinski definition) is 1. The van der Waals surface area contributed by atoms with E-state index >= 15 is 0 Å². The molecule has 5 rings (SSSR count). The van der Waals surface area contributed by atoms with Gasteiger partial charge in [0.15, 0.2) is 0 Å². The maximum absolute atomic E-state index is 12.6. The summed E-state index contributed by atoms with van der Waals surface area (Å²) >= 11 is 0. The van der Waals surface area contributed by atoms with Crippen molar-refractivity contribution < 1.29 is 4.52 Å². The smallest absolute Gasteiger partial charge is 0.326 e. The Morgan fingerprint density at radius 1 is 1.11 bits per heavy atom. The van der Waals surface area contributed by atoms with Crippen LogP contribution in [-0.4, -0.2) is 24.7 Å². The molecule has 1 aromatic carbocycles. The number of benzene rings is 1. The Morgan fingerprint density at radius 3 is 2.68 bits per heavy atom. The molecule has 0 spiro atoms. The zero-order chi connectivity index (χ0) is 19.3. The molecule has 0 aliphatic carbocycles. The first kappa shape index (κ1) is 16.4. The Balaban J connectivity index is 1.72. The molecule has 4 heterocycles. The Morgan fingerprint density at radius 2 is 1.93 bits per heavy atom. The number of hydrogen-bond acceptors (Lipinski definition) is 5. The number of H-pyrrole nitrogens is 1. The summed E-state index contributed by atoms with van der Waals surface area (Å²) in [5.74, 6) is 0.716. The van der Waals surface area contributed by atoms with Crippen LogP contribution in [0.2, 0.25) is 0 Å². The zero-order valence-electron chi connectivity index (χ0n) is 15.4. The highest BCUT2D eigenvalue weighted by molar-refractivity contribution is 6.02. The third-order valence-electron chi connectivity index (χ3n) is 4.95. The number of aromatic amines is 1. The Labute approximate surface area is 159 Å². The van der Waals surface area contributed by atoms with Crippen LogP contribution in [0.5, 0.6) is 0 Å². The molecule has 0 fully saturated rings. The first-order valence-corrected chi connectivity index (χ1v) is 8.96. The van der Waals surface area contributed by atoms with Gasteiger partial charge in [0.05, 0.1) is 46.2 Å². The van der Waals surface area contributed by atoms with E-state index in [1.165, 1.54) is 0 Å². The van der Waals surface area contributed by atoms with E-state index in [4.69, 9.17) is 4.52 Å². The fourth-order valence-electron chi connectivity index (χ4n) is 3.64. The van der Waals surface area contributed by atoms with E-state index in [0.717, 1.165) is 38.9 Å². The van der Waals surface area contributed by atoms with Gasteiger partial charge in [-0.2, -0.15) is 0 Å². The van der Waals surface area contributed by atoms with E-state index in [1.54, 1.807) is 17.0 Å². The summed E-state index contributed by atoms with van der Waals surface area (Å²) in [6.07, 6.45) is 3.46. The van der Waals surface area contributed by atoms with Crippen LogP contribution < -0.4 is 5.69 Å². The Hall–Kier alpha value is -3.74. The lowest BCUT2D eigenvalue weighted by Crippen LogP contribution is -2.17. The molecule has 0 unspecified atom stereocenters. The molecular formula is C21H17N5O2. The fourth-order valence-corrected chi connectivity index (χ4v) is 3.64. The van der Waals surface area contributed by atoms with Gasteiger partial charge in [-0.3, -0.25) is 14.5 Å². The van der Waals surface area contributed by atoms with Crippen molar-refractivity contribution in [2.24, 2.45) is 0 Å². The fraction of sp³-hybridized carbons (Fsp3) is 0.143. The van der Waals surface area contributed by atoms with Crippen LogP contribution in [-0.2, 0) is 6.54 Å². The maximum atomic E-state index is 12.6. The van der Waals surface area contributed by atoms with Crippen molar-refractivity contribution in [1.82, 2.24) is 24.7 Å². The van der Waals surface area contributed by atoms with Gasteiger partial charge in [-0.15, -0.1) is 0 Å². The van der Waals surface area contributed by atoms with Crippen molar-refractivity contribution in [3.05, 3.63) is 76.3 Å². The van der Waals surface area contributed by atoms with Crippen molar-refractivity contribution in [2.75, 3.05) is 0 Å². The molecule has 0 atom stereocenters. The van der Waals surface area contributed by atoms with Crippen LogP contribution >= 0.6 is 0 Å². The summed E-state index contributed by atoms with van der Waals surface area (Å²) in [7, 11) is 0. The number of aryl methyl sites for hydroxylation is 2. The van der Waals surface area contributed by atoms with Crippen LogP contribution in [0.3, 0.4) is 0 Å². The lowest BCUT2D eigenvalue weighted by atomic mass is 10.1. The number of fused-ring (bicyclic) bond motifs is 3. The second-order valence-electron chi connectivity index (χ2n) is 6.81. The molecule has 0 aliphatic rings. The molecule has 0 bridgehead atoms. The lowest BCUT2D eigenvalue weighted by Gasteiger charge is -2.07. The van der Waals surface area contributed by atoms with E-state index in [9.17, 15) is 4.79 Å². The molecule has 0 amide bonds. The first-order valence-electron chi connectivity index (χ1n) is 8.96. The summed E-state index contributed by atoms with van der Waals surface area (Å²) in [5, 5.41) is 4.82. The molecule has 0 saturated carbocycles. The third-order valence-corrected chi connectivity index (χ3v) is 4.95. The molecule has 138 valence electrons. The van der Waals surface area contributed by atoms with Crippen LogP contribution in [0.4, 0.5) is 0 Å². The van der Waals surface area contributed by atoms with Crippen molar-refractivity contribution in [3.8, 4) is 11.3 Å². The largest absolute Gasteiger partial charge is 0.361 e. The van der Waals surface area contributed by atoms with E-state index in [1.807, 2.05) is 50.2 Å². The number of nitrogens with one attached hydrogen (secondary N) is 1. The van der Waals surface area contributed by atoms with Gasteiger partial charge in [0.25, 0.3) is 0 Å². The Bertz CT molecular complexity index is 1360. The average molecular weight is 371 g/mol. The van der Waals surface area contributed by atoms with Crippen LogP contribution in [0, 0.1) is 13.8 Å². The number of imidazole rings is 1. The molecule has 0 aliphatic heterocycles. The predicted octanol–water partition coefficient (Wildman–Crippen LogP) is 3.59. The molecule has 28 heavy (non-hydrogen) atoms. The van der Waals surface area contributed by atoms with Crippen molar-refractivity contribution in [1.29, 1.82) is 0 Å². The zero-order valence-corrected chi connectivity index (χ0v) is 15.4. The molecule has 0 radical (unpaired) electrons. The van der Waals surface area contributed by atoms with Crippen LogP contribution in [0.1, 0.15) is 17.0 Å². The average Bonchev–Trinajstić information content (AvgIpc) is 3.21. The summed E-state index contributed by atoms with van der Waals surface area (Å²) < 4.78 is 6.99. The molecule has 7 heteroatoms. The van der Waals surface area contributed by atoms with E-state index in [0.29, 0.717) is 17.8 Å². The van der Waals surface area contributed by atoms with Gasteiger partial charge in [-0.1, -0.05) is 35.5 Å². The second-order valence-corrected chi connectivity index (χ2v) is 6.81. The molecule has 1 N–H and O–H groups in total. The number of pyridine rings is 2. The standard InChI is InChI=1S/C21H17N5O2/c1-12-19(13(2)28-25-12)17-8-16-15(9-22-17)20-18(10-23-16)24-21(27)26(20)11-14-6-4-3-5-7-14/h3-10H,11H2,1-2H3,(H,24,27). The number of nitrogens with zero attached hydrogens (tertiary/aromatic N) is 4. The predicted molar refractivity (Wildman–Crippen MR) is 106 cm³/mol. The molecular weight excluding hydrogens is 354 g/mol. The molecule has 0 saturated heterocycles. The summed E-state index contributed by atoms with van der Waals surface area (Å²) in [6.45, 7) is 4.23. The van der Waals surface area contributed by atoms with Gasteiger partial charge >= 0.3 is 5.69 Å². The number of rotatable bonds is 3. The lowest BCUT2D eigenvalue weighted by molar-refractivity contribution is 0.393. The minimum Gasteiger partial charge on any atom is -0.361 e. The number of aromatic nitrogens is 5. The summed E-state index contributed by atoms with van der Waals surface area (Å²) in [5.41, 5.74) is 5.56.